The smallest absolute Gasteiger partial charge is 0.282 e. The minimum Gasteiger partial charge on any atom is -0.282 e. The molecular weight excluding hydrogens is 365 g/mol. The zero-order valence-corrected chi connectivity index (χ0v) is 13.2. The van der Waals surface area contributed by atoms with Crippen LogP contribution in [0.2, 0.25) is 0 Å². The van der Waals surface area contributed by atoms with E-state index in [9.17, 15) is 21.2 Å². The molecule has 9 nitrogen and oxygen atoms in total. The van der Waals surface area contributed by atoms with E-state index in [0.29, 0.717) is 0 Å². The second kappa shape index (κ2) is 5.51. The van der Waals surface area contributed by atoms with Crippen molar-refractivity contribution >= 4 is 36.9 Å². The Labute approximate surface area is 134 Å². The lowest BCUT2D eigenvalue weighted by Crippen LogP contribution is -2.13. The van der Waals surface area contributed by atoms with Gasteiger partial charge < -0.3 is 0 Å². The summed E-state index contributed by atoms with van der Waals surface area (Å²) in [5.41, 5.74) is -0.590. The molecule has 0 atom stereocenters. The molecular formula is C12H8FN3O6S2. The second-order valence-corrected chi connectivity index (χ2v) is 7.68. The van der Waals surface area contributed by atoms with Gasteiger partial charge in [-0.25, -0.2) is 17.4 Å². The first-order valence-corrected chi connectivity index (χ1v) is 9.12. The van der Waals surface area contributed by atoms with Crippen molar-refractivity contribution < 1.29 is 30.4 Å². The zero-order chi connectivity index (χ0) is 17.5. The average Bonchev–Trinajstić information content (AvgIpc) is 2.96. The van der Waals surface area contributed by atoms with E-state index >= 15 is 0 Å². The third kappa shape index (κ3) is 2.93. The van der Waals surface area contributed by atoms with Crippen molar-refractivity contribution in [2.75, 3.05) is 4.72 Å². The number of aromatic nitrogens is 2. The van der Waals surface area contributed by atoms with Crippen molar-refractivity contribution in [1.29, 1.82) is 0 Å². The van der Waals surface area contributed by atoms with Gasteiger partial charge in [0.1, 0.15) is 4.90 Å². The molecule has 0 spiro atoms. The molecule has 2 aromatic carbocycles. The summed E-state index contributed by atoms with van der Waals surface area (Å²) in [6.07, 6.45) is 0. The summed E-state index contributed by atoms with van der Waals surface area (Å²) >= 11 is 0. The molecule has 12 heteroatoms. The highest BCUT2D eigenvalue weighted by Gasteiger charge is 2.23. The Hall–Kier alpha value is -2.57. The van der Waals surface area contributed by atoms with E-state index in [1.165, 1.54) is 0 Å². The molecule has 3 rings (SSSR count). The third-order valence-corrected chi connectivity index (χ3v) is 5.30. The predicted molar refractivity (Wildman–Crippen MR) is 78.8 cm³/mol. The van der Waals surface area contributed by atoms with Crippen molar-refractivity contribution in [2.45, 2.75) is 9.79 Å². The fraction of sp³-hybridized carbons (Fsp3) is 0. The third-order valence-electron chi connectivity index (χ3n) is 3.02. The van der Waals surface area contributed by atoms with Gasteiger partial charge in [0.05, 0.1) is 4.90 Å². The van der Waals surface area contributed by atoms with Gasteiger partial charge in [0.2, 0.25) is 0 Å². The maximum absolute atomic E-state index is 13.5. The number of rotatable bonds is 4. The topological polar surface area (TPSA) is 139 Å². The summed E-state index contributed by atoms with van der Waals surface area (Å²) in [4.78, 5) is -0.755. The Morgan fingerprint density at radius 3 is 2.21 bits per heavy atom. The Morgan fingerprint density at radius 1 is 0.958 bits per heavy atom. The molecule has 0 saturated carbocycles. The number of halogens is 1. The van der Waals surface area contributed by atoms with E-state index in [1.54, 1.807) is 0 Å². The molecule has 0 aliphatic heterocycles. The van der Waals surface area contributed by atoms with Crippen LogP contribution in [0.1, 0.15) is 0 Å². The summed E-state index contributed by atoms with van der Waals surface area (Å²) in [6, 6.07) is 6.22. The quantitative estimate of drug-likeness (QED) is 0.654. The van der Waals surface area contributed by atoms with Crippen LogP contribution in [0.4, 0.5) is 10.1 Å². The lowest BCUT2D eigenvalue weighted by Gasteiger charge is -2.08. The Bertz CT molecular complexity index is 1120. The normalized spacial score (nSPS) is 12.4. The van der Waals surface area contributed by atoms with E-state index in [1.807, 2.05) is 0 Å². The predicted octanol–water partition coefficient (Wildman–Crippen LogP) is 1.41. The first-order valence-electron chi connectivity index (χ1n) is 6.20. The zero-order valence-electron chi connectivity index (χ0n) is 11.5. The molecule has 24 heavy (non-hydrogen) atoms. The maximum Gasteiger partial charge on any atom is 0.294 e. The molecule has 1 heterocycles. The van der Waals surface area contributed by atoms with Crippen molar-refractivity contribution in [1.82, 2.24) is 10.3 Å². The maximum atomic E-state index is 13.5. The molecule has 0 aliphatic rings. The van der Waals surface area contributed by atoms with Crippen molar-refractivity contribution in [3.05, 3.63) is 42.2 Å². The first-order chi connectivity index (χ1) is 11.2. The van der Waals surface area contributed by atoms with Crippen LogP contribution < -0.4 is 4.72 Å². The van der Waals surface area contributed by atoms with E-state index in [4.69, 9.17) is 4.55 Å². The minimum atomic E-state index is -4.39. The van der Waals surface area contributed by atoms with Gasteiger partial charge in [-0.2, -0.15) is 8.42 Å². The summed E-state index contributed by atoms with van der Waals surface area (Å²) < 4.78 is 75.6. The number of hydrogen-bond donors (Lipinski definition) is 2. The monoisotopic (exact) mass is 373 g/mol. The summed E-state index contributed by atoms with van der Waals surface area (Å²) in [6.45, 7) is 0. The van der Waals surface area contributed by atoms with Gasteiger partial charge in [0.25, 0.3) is 20.1 Å². The lowest BCUT2D eigenvalue weighted by molar-refractivity contribution is 0.314. The summed E-state index contributed by atoms with van der Waals surface area (Å²) in [7, 11) is -8.56. The lowest BCUT2D eigenvalue weighted by atomic mass is 10.3. The molecule has 2 N–H and O–H groups in total. The van der Waals surface area contributed by atoms with Gasteiger partial charge >= 0.3 is 0 Å². The van der Waals surface area contributed by atoms with E-state index in [0.717, 1.165) is 36.4 Å². The van der Waals surface area contributed by atoms with Gasteiger partial charge in [-0.05, 0) is 46.7 Å². The van der Waals surface area contributed by atoms with Gasteiger partial charge in [0, 0.05) is 5.69 Å². The van der Waals surface area contributed by atoms with Gasteiger partial charge in [-0.1, -0.05) is 0 Å². The number of sulfonamides is 1. The Morgan fingerprint density at radius 2 is 1.58 bits per heavy atom. The highest BCUT2D eigenvalue weighted by Crippen LogP contribution is 2.25. The number of anilines is 1. The molecule has 0 bridgehead atoms. The van der Waals surface area contributed by atoms with Crippen LogP contribution in [-0.2, 0) is 20.1 Å². The van der Waals surface area contributed by atoms with E-state index < -0.39 is 30.9 Å². The molecule has 0 saturated heterocycles. The van der Waals surface area contributed by atoms with Crippen molar-refractivity contribution in [2.24, 2.45) is 0 Å². The van der Waals surface area contributed by atoms with E-state index in [-0.39, 0.29) is 21.6 Å². The van der Waals surface area contributed by atoms with Crippen LogP contribution in [0.5, 0.6) is 0 Å². The molecule has 0 unspecified atom stereocenters. The largest absolute Gasteiger partial charge is 0.294 e. The van der Waals surface area contributed by atoms with Crippen LogP contribution in [-0.4, -0.2) is 31.7 Å². The van der Waals surface area contributed by atoms with Crippen LogP contribution in [0.3, 0.4) is 0 Å². The highest BCUT2D eigenvalue weighted by atomic mass is 32.2. The van der Waals surface area contributed by atoms with Crippen molar-refractivity contribution in [3.8, 4) is 0 Å². The number of nitrogens with one attached hydrogen (secondary N) is 1. The summed E-state index contributed by atoms with van der Waals surface area (Å²) in [5, 5.41) is 6.67. The molecule has 3 aromatic rings. The van der Waals surface area contributed by atoms with Crippen LogP contribution in [0, 0.1) is 5.82 Å². The molecule has 0 aliphatic carbocycles. The minimum absolute atomic E-state index is 0.0244. The van der Waals surface area contributed by atoms with Gasteiger partial charge in [-0.15, -0.1) is 0 Å². The van der Waals surface area contributed by atoms with Crippen molar-refractivity contribution in [3.63, 3.8) is 0 Å². The standard InChI is InChI=1S/C12H8FN3O6S2/c13-9-5-6-10(12-11(9)14-22-15-12)23(17,18)16-7-1-3-8(4-2-7)24(19,20)21/h1-6,16H,(H,19,20,21). The number of benzene rings is 2. The summed E-state index contributed by atoms with van der Waals surface area (Å²) in [5.74, 6) is -0.789. The Balaban J connectivity index is 1.99. The molecule has 126 valence electrons. The number of hydrogen-bond acceptors (Lipinski definition) is 7. The second-order valence-electron chi connectivity index (χ2n) is 4.61. The molecule has 0 radical (unpaired) electrons. The van der Waals surface area contributed by atoms with Gasteiger partial charge in [0.15, 0.2) is 16.9 Å². The number of nitrogens with zero attached hydrogens (tertiary/aromatic N) is 2. The van der Waals surface area contributed by atoms with Crippen LogP contribution in [0.15, 0.2) is 50.8 Å². The van der Waals surface area contributed by atoms with E-state index in [2.05, 4.69) is 19.7 Å². The van der Waals surface area contributed by atoms with Gasteiger partial charge in [-0.3, -0.25) is 9.27 Å². The average molecular weight is 373 g/mol. The number of fused-ring (bicyclic) bond motifs is 1. The first kappa shape index (κ1) is 16.3. The SMILES string of the molecule is O=S(=O)(O)c1ccc(NS(=O)(=O)c2ccc(F)c3nonc23)cc1. The van der Waals surface area contributed by atoms with Crippen LogP contribution >= 0.6 is 0 Å². The fourth-order valence-electron chi connectivity index (χ4n) is 1.94. The fourth-order valence-corrected chi connectivity index (χ4v) is 3.61. The Kier molecular flexibility index (Phi) is 3.74. The highest BCUT2D eigenvalue weighted by molar-refractivity contribution is 7.93. The van der Waals surface area contributed by atoms with Crippen LogP contribution in [0.25, 0.3) is 11.0 Å². The molecule has 0 amide bonds. The molecule has 0 fully saturated rings. The molecule has 1 aromatic heterocycles.